The Morgan fingerprint density at radius 2 is 2.11 bits per heavy atom. The van der Waals surface area contributed by atoms with Crippen LogP contribution in [0.2, 0.25) is 0 Å². The molecule has 1 unspecified atom stereocenters. The molecule has 0 bridgehead atoms. The minimum Gasteiger partial charge on any atom is -0.384 e. The van der Waals surface area contributed by atoms with Crippen LogP contribution < -0.4 is 11.1 Å². The molecular weight excluding hydrogens is 245 g/mol. The van der Waals surface area contributed by atoms with Crippen LogP contribution in [0, 0.1) is 6.92 Å². The summed E-state index contributed by atoms with van der Waals surface area (Å²) in [6.45, 7) is 1.32. The summed E-state index contributed by atoms with van der Waals surface area (Å²) < 4.78 is 38.2. The molecular formula is C11H11F3N4. The third-order valence-corrected chi connectivity index (χ3v) is 2.54. The van der Waals surface area contributed by atoms with Gasteiger partial charge < -0.3 is 11.1 Å². The largest absolute Gasteiger partial charge is 0.418 e. The van der Waals surface area contributed by atoms with Crippen LogP contribution in [0.4, 0.5) is 13.2 Å². The van der Waals surface area contributed by atoms with Gasteiger partial charge in [-0.15, -0.1) is 0 Å². The van der Waals surface area contributed by atoms with E-state index in [4.69, 9.17) is 5.73 Å². The summed E-state index contributed by atoms with van der Waals surface area (Å²) in [4.78, 5) is 7.61. The first-order valence-electron chi connectivity index (χ1n) is 5.17. The molecule has 0 radical (unpaired) electrons. The summed E-state index contributed by atoms with van der Waals surface area (Å²) in [5.74, 6) is 0.302. The summed E-state index contributed by atoms with van der Waals surface area (Å²) in [5.41, 5.74) is 5.08. The topological polar surface area (TPSA) is 63.3 Å². The fraction of sp³-hybridized carbons (Fsp3) is 0.273. The van der Waals surface area contributed by atoms with Gasteiger partial charge >= 0.3 is 6.18 Å². The molecule has 3 N–H and O–H groups in total. The molecule has 0 saturated carbocycles. The molecule has 0 saturated heterocycles. The second-order valence-corrected chi connectivity index (χ2v) is 3.90. The predicted molar refractivity (Wildman–Crippen MR) is 60.6 cm³/mol. The van der Waals surface area contributed by atoms with Crippen LogP contribution in [0.25, 0.3) is 0 Å². The maximum absolute atomic E-state index is 12.7. The van der Waals surface area contributed by atoms with Gasteiger partial charge in [-0.05, 0) is 18.6 Å². The monoisotopic (exact) mass is 256 g/mol. The number of aliphatic imine (C=N–C) groups is 1. The minimum atomic E-state index is -4.42. The predicted octanol–water partition coefficient (Wildman–Crippen LogP) is 1.88. The van der Waals surface area contributed by atoms with Crippen molar-refractivity contribution in [3.05, 3.63) is 41.1 Å². The van der Waals surface area contributed by atoms with Gasteiger partial charge in [-0.3, -0.25) is 9.98 Å². The van der Waals surface area contributed by atoms with Crippen LogP contribution in [-0.4, -0.2) is 11.2 Å². The summed E-state index contributed by atoms with van der Waals surface area (Å²) in [6, 6.07) is 0.564. The Morgan fingerprint density at radius 3 is 2.72 bits per heavy atom. The highest BCUT2D eigenvalue weighted by Crippen LogP contribution is 2.32. The Morgan fingerprint density at radius 1 is 1.39 bits per heavy atom. The molecule has 0 spiro atoms. The van der Waals surface area contributed by atoms with Crippen molar-refractivity contribution in [1.82, 2.24) is 10.3 Å². The molecule has 1 aromatic rings. The lowest BCUT2D eigenvalue weighted by Gasteiger charge is -2.20. The molecule has 1 aromatic heterocycles. The van der Waals surface area contributed by atoms with Crippen molar-refractivity contribution in [2.75, 3.05) is 0 Å². The highest BCUT2D eigenvalue weighted by atomic mass is 19.4. The zero-order valence-electron chi connectivity index (χ0n) is 9.49. The lowest BCUT2D eigenvalue weighted by atomic mass is 10.1. The number of alkyl halides is 3. The molecule has 0 aromatic carbocycles. The van der Waals surface area contributed by atoms with Gasteiger partial charge in [0.15, 0.2) is 0 Å². The number of halogens is 3. The van der Waals surface area contributed by atoms with Crippen molar-refractivity contribution in [3.63, 3.8) is 0 Å². The molecule has 18 heavy (non-hydrogen) atoms. The van der Waals surface area contributed by atoms with E-state index in [1.54, 1.807) is 0 Å². The van der Waals surface area contributed by atoms with Crippen LogP contribution in [0.5, 0.6) is 0 Å². The molecule has 0 aliphatic carbocycles. The molecule has 1 aliphatic heterocycles. The van der Waals surface area contributed by atoms with Crippen LogP contribution >= 0.6 is 0 Å². The van der Waals surface area contributed by atoms with Crippen molar-refractivity contribution in [2.24, 2.45) is 10.7 Å². The van der Waals surface area contributed by atoms with E-state index in [-0.39, 0.29) is 5.69 Å². The minimum absolute atomic E-state index is 0.0532. The van der Waals surface area contributed by atoms with Crippen LogP contribution in [0.1, 0.15) is 22.9 Å². The molecule has 1 aliphatic rings. The van der Waals surface area contributed by atoms with Gasteiger partial charge in [-0.1, -0.05) is 0 Å². The van der Waals surface area contributed by atoms with Gasteiger partial charge in [0.05, 0.1) is 17.8 Å². The normalized spacial score (nSPS) is 19.3. The third kappa shape index (κ3) is 2.44. The van der Waals surface area contributed by atoms with Crippen molar-refractivity contribution in [3.8, 4) is 0 Å². The Balaban J connectivity index is 2.36. The van der Waals surface area contributed by atoms with Crippen LogP contribution in [0.15, 0.2) is 29.3 Å². The van der Waals surface area contributed by atoms with Crippen molar-refractivity contribution >= 4 is 6.21 Å². The maximum atomic E-state index is 12.7. The second kappa shape index (κ2) is 4.32. The van der Waals surface area contributed by atoms with E-state index in [1.165, 1.54) is 25.5 Å². The van der Waals surface area contributed by atoms with Gasteiger partial charge in [0.1, 0.15) is 5.82 Å². The van der Waals surface area contributed by atoms with E-state index in [2.05, 4.69) is 15.3 Å². The number of rotatable bonds is 1. The standard InChI is InChI=1S/C11H11F3N4/c1-6-8(11(12,13)14)2-7(3-17-6)9-4-16-5-10(15)18-9/h2-5,9,18H,15H2,1H3. The Bertz CT molecular complexity index is 520. The Kier molecular flexibility index (Phi) is 2.98. The van der Waals surface area contributed by atoms with Crippen molar-refractivity contribution < 1.29 is 13.2 Å². The van der Waals surface area contributed by atoms with Gasteiger partial charge in [-0.25, -0.2) is 0 Å². The number of pyridine rings is 1. The maximum Gasteiger partial charge on any atom is 0.418 e. The van der Waals surface area contributed by atoms with Crippen LogP contribution in [-0.2, 0) is 6.18 Å². The molecule has 96 valence electrons. The summed E-state index contributed by atoms with van der Waals surface area (Å²) in [7, 11) is 0. The first kappa shape index (κ1) is 12.4. The molecule has 0 amide bonds. The molecule has 4 nitrogen and oxygen atoms in total. The lowest BCUT2D eigenvalue weighted by molar-refractivity contribution is -0.138. The summed E-state index contributed by atoms with van der Waals surface area (Å²) in [5, 5.41) is 2.81. The molecule has 2 heterocycles. The molecule has 0 fully saturated rings. The van der Waals surface area contributed by atoms with E-state index in [1.807, 2.05) is 0 Å². The lowest BCUT2D eigenvalue weighted by Crippen LogP contribution is -2.29. The summed E-state index contributed by atoms with van der Waals surface area (Å²) in [6.07, 6.45) is -0.168. The fourth-order valence-electron chi connectivity index (χ4n) is 1.64. The number of nitrogens with zero attached hydrogens (tertiary/aromatic N) is 2. The zero-order chi connectivity index (χ0) is 13.3. The number of aryl methyl sites for hydroxylation is 1. The SMILES string of the molecule is Cc1ncc(C2C=NC=C(N)N2)cc1C(F)(F)F. The van der Waals surface area contributed by atoms with E-state index >= 15 is 0 Å². The Hall–Kier alpha value is -2.05. The Labute approximate surface area is 101 Å². The molecule has 2 rings (SSSR count). The smallest absolute Gasteiger partial charge is 0.384 e. The molecule has 7 heteroatoms. The third-order valence-electron chi connectivity index (χ3n) is 2.54. The van der Waals surface area contributed by atoms with Crippen molar-refractivity contribution in [2.45, 2.75) is 19.1 Å². The first-order valence-corrected chi connectivity index (χ1v) is 5.17. The van der Waals surface area contributed by atoms with E-state index in [0.29, 0.717) is 11.4 Å². The average molecular weight is 256 g/mol. The fourth-order valence-corrected chi connectivity index (χ4v) is 1.64. The van der Waals surface area contributed by atoms with Gasteiger partial charge in [-0.2, -0.15) is 13.2 Å². The van der Waals surface area contributed by atoms with Crippen LogP contribution in [0.3, 0.4) is 0 Å². The molecule has 1 atom stereocenters. The zero-order valence-corrected chi connectivity index (χ0v) is 9.49. The second-order valence-electron chi connectivity index (χ2n) is 3.90. The van der Waals surface area contributed by atoms with Crippen molar-refractivity contribution in [1.29, 1.82) is 0 Å². The highest BCUT2D eigenvalue weighted by Gasteiger charge is 2.33. The highest BCUT2D eigenvalue weighted by molar-refractivity contribution is 5.69. The van der Waals surface area contributed by atoms with Gasteiger partial charge in [0.25, 0.3) is 0 Å². The van der Waals surface area contributed by atoms with Gasteiger partial charge in [0.2, 0.25) is 0 Å². The average Bonchev–Trinajstić information content (AvgIpc) is 2.28. The number of aromatic nitrogens is 1. The first-order chi connectivity index (χ1) is 8.38. The number of hydrogen-bond donors (Lipinski definition) is 2. The van der Waals surface area contributed by atoms with E-state index < -0.39 is 17.8 Å². The summed E-state index contributed by atoms with van der Waals surface area (Å²) >= 11 is 0. The van der Waals surface area contributed by atoms with E-state index in [9.17, 15) is 13.2 Å². The number of hydrogen-bond acceptors (Lipinski definition) is 4. The number of nitrogens with two attached hydrogens (primary N) is 1. The quantitative estimate of drug-likeness (QED) is 0.806. The van der Waals surface area contributed by atoms with Gasteiger partial charge in [0, 0.05) is 18.1 Å². The van der Waals surface area contributed by atoms with E-state index in [0.717, 1.165) is 6.07 Å². The number of nitrogens with one attached hydrogen (secondary N) is 1.